The minimum atomic E-state index is -0.422. The van der Waals surface area contributed by atoms with E-state index in [1.165, 1.54) is 16.7 Å². The van der Waals surface area contributed by atoms with E-state index in [-0.39, 0.29) is 16.5 Å². The van der Waals surface area contributed by atoms with Crippen LogP contribution in [0.4, 0.5) is 17.1 Å². The van der Waals surface area contributed by atoms with Gasteiger partial charge in [0.2, 0.25) is 0 Å². The Morgan fingerprint density at radius 2 is 1.38 bits per heavy atom. The van der Waals surface area contributed by atoms with Crippen LogP contribution in [0.3, 0.4) is 0 Å². The normalized spacial score (nSPS) is 13.2. The van der Waals surface area contributed by atoms with Gasteiger partial charge in [0, 0.05) is 21.8 Å². The van der Waals surface area contributed by atoms with Gasteiger partial charge in [-0.2, -0.15) is 0 Å². The van der Waals surface area contributed by atoms with Crippen molar-refractivity contribution in [3.05, 3.63) is 131 Å². The lowest BCUT2D eigenvalue weighted by atomic mass is 10.2. The zero-order valence-electron chi connectivity index (χ0n) is 20.0. The molecule has 2 N–H and O–H groups in total. The summed E-state index contributed by atoms with van der Waals surface area (Å²) in [7, 11) is 0. The minimum absolute atomic E-state index is 0.209. The molecule has 0 spiro atoms. The van der Waals surface area contributed by atoms with E-state index in [1.54, 1.807) is 54.6 Å². The molecule has 0 bridgehead atoms. The topological polar surface area (TPSA) is 78.5 Å². The smallest absolute Gasteiger partial charge is 0.283 e. The first-order chi connectivity index (χ1) is 18.0. The first kappa shape index (κ1) is 24.1. The molecular formula is C30H23N3O3S. The number of thioether (sulfide) groups is 1. The van der Waals surface area contributed by atoms with Crippen LogP contribution in [0.2, 0.25) is 0 Å². The number of hydrogen-bond acceptors (Lipinski definition) is 5. The second kappa shape index (κ2) is 10.6. The molecule has 0 aliphatic carbocycles. The first-order valence-corrected chi connectivity index (χ1v) is 12.5. The second-order valence-electron chi connectivity index (χ2n) is 8.43. The van der Waals surface area contributed by atoms with Crippen LogP contribution in [-0.2, 0) is 9.59 Å². The van der Waals surface area contributed by atoms with E-state index in [0.29, 0.717) is 27.5 Å². The monoisotopic (exact) mass is 505 g/mol. The van der Waals surface area contributed by atoms with Crippen LogP contribution in [-0.4, -0.2) is 17.7 Å². The van der Waals surface area contributed by atoms with Crippen molar-refractivity contribution >= 4 is 46.5 Å². The van der Waals surface area contributed by atoms with E-state index in [0.717, 1.165) is 5.56 Å². The predicted molar refractivity (Wildman–Crippen MR) is 147 cm³/mol. The zero-order valence-corrected chi connectivity index (χ0v) is 20.8. The Morgan fingerprint density at radius 1 is 0.730 bits per heavy atom. The maximum Gasteiger partial charge on any atom is 0.283 e. The fraction of sp³-hybridized carbons (Fsp3) is 0.0333. The number of aryl methyl sites for hydroxylation is 1. The molecule has 5 rings (SSSR count). The molecule has 0 saturated carbocycles. The Labute approximate surface area is 219 Å². The van der Waals surface area contributed by atoms with Gasteiger partial charge >= 0.3 is 0 Å². The molecule has 0 aromatic heterocycles. The molecule has 0 fully saturated rings. The summed E-state index contributed by atoms with van der Waals surface area (Å²) in [6.45, 7) is 1.95. The van der Waals surface area contributed by atoms with Gasteiger partial charge in [-0.1, -0.05) is 71.9 Å². The van der Waals surface area contributed by atoms with Crippen molar-refractivity contribution in [2.45, 2.75) is 11.8 Å². The fourth-order valence-electron chi connectivity index (χ4n) is 3.86. The van der Waals surface area contributed by atoms with E-state index < -0.39 is 11.8 Å². The van der Waals surface area contributed by atoms with Crippen molar-refractivity contribution in [2.75, 3.05) is 15.5 Å². The van der Waals surface area contributed by atoms with Gasteiger partial charge in [-0.05, 0) is 61.5 Å². The number of imide groups is 1. The molecule has 0 radical (unpaired) electrons. The van der Waals surface area contributed by atoms with Crippen molar-refractivity contribution in [3.63, 3.8) is 0 Å². The molecule has 1 heterocycles. The predicted octanol–water partition coefficient (Wildman–Crippen LogP) is 6.24. The second-order valence-corrected chi connectivity index (χ2v) is 9.51. The maximum atomic E-state index is 13.6. The van der Waals surface area contributed by atoms with Crippen LogP contribution >= 0.6 is 11.8 Å². The van der Waals surface area contributed by atoms with Crippen molar-refractivity contribution in [3.8, 4) is 0 Å². The average Bonchev–Trinajstić information content (AvgIpc) is 3.14. The molecule has 182 valence electrons. The summed E-state index contributed by atoms with van der Waals surface area (Å²) < 4.78 is 0. The van der Waals surface area contributed by atoms with E-state index in [4.69, 9.17) is 0 Å². The summed E-state index contributed by atoms with van der Waals surface area (Å²) in [6.07, 6.45) is 0. The van der Waals surface area contributed by atoms with Gasteiger partial charge in [-0.3, -0.25) is 14.4 Å². The average molecular weight is 506 g/mol. The molecule has 4 aromatic rings. The Kier molecular flexibility index (Phi) is 6.87. The Balaban J connectivity index is 1.45. The molecule has 0 unspecified atom stereocenters. The molecule has 4 aromatic carbocycles. The number of para-hydroxylation sites is 1. The van der Waals surface area contributed by atoms with E-state index in [9.17, 15) is 14.4 Å². The van der Waals surface area contributed by atoms with Crippen LogP contribution < -0.4 is 15.5 Å². The maximum absolute atomic E-state index is 13.6. The Morgan fingerprint density at radius 3 is 2.08 bits per heavy atom. The molecule has 1 aliphatic heterocycles. The number of nitrogens with zero attached hydrogens (tertiary/aromatic N) is 1. The third-order valence-corrected chi connectivity index (χ3v) is 6.80. The van der Waals surface area contributed by atoms with Gasteiger partial charge in [0.25, 0.3) is 17.7 Å². The molecule has 37 heavy (non-hydrogen) atoms. The third kappa shape index (κ3) is 5.32. The summed E-state index contributed by atoms with van der Waals surface area (Å²) in [5.74, 6) is -1.06. The number of carbonyl (C=O) groups excluding carboxylic acids is 3. The summed E-state index contributed by atoms with van der Waals surface area (Å²) in [4.78, 5) is 41.8. The van der Waals surface area contributed by atoms with Crippen LogP contribution in [0, 0.1) is 6.92 Å². The summed E-state index contributed by atoms with van der Waals surface area (Å²) >= 11 is 1.18. The van der Waals surface area contributed by atoms with Crippen LogP contribution in [0.25, 0.3) is 0 Å². The number of nitrogens with one attached hydrogen (secondary N) is 2. The molecule has 6 nitrogen and oxygen atoms in total. The SMILES string of the molecule is Cc1ccc(N2C(=O)C(Nc3ccccc3)=C(Sc3cccc(NC(=O)c4ccccc4)c3)C2=O)cc1. The van der Waals surface area contributed by atoms with Gasteiger partial charge in [0.1, 0.15) is 10.6 Å². The number of hydrogen-bond donors (Lipinski definition) is 2. The van der Waals surface area contributed by atoms with Gasteiger partial charge < -0.3 is 10.6 Å². The molecule has 3 amide bonds. The van der Waals surface area contributed by atoms with Crippen LogP contribution in [0.5, 0.6) is 0 Å². The number of rotatable bonds is 7. The number of amides is 3. The lowest BCUT2D eigenvalue weighted by Gasteiger charge is -2.15. The molecule has 0 saturated heterocycles. The molecule has 7 heteroatoms. The minimum Gasteiger partial charge on any atom is -0.350 e. The van der Waals surface area contributed by atoms with Crippen LogP contribution in [0.15, 0.2) is 125 Å². The highest BCUT2D eigenvalue weighted by atomic mass is 32.2. The molecule has 0 atom stereocenters. The zero-order chi connectivity index (χ0) is 25.8. The Hall–Kier alpha value is -4.62. The van der Waals surface area contributed by atoms with Gasteiger partial charge in [0.05, 0.1) is 5.69 Å². The van der Waals surface area contributed by atoms with Crippen molar-refractivity contribution < 1.29 is 14.4 Å². The highest BCUT2D eigenvalue weighted by Gasteiger charge is 2.40. The largest absolute Gasteiger partial charge is 0.350 e. The lowest BCUT2D eigenvalue weighted by Crippen LogP contribution is -2.32. The van der Waals surface area contributed by atoms with E-state index >= 15 is 0 Å². The standard InChI is InChI=1S/C30H23N3O3S/c1-20-15-17-24(18-16-20)33-29(35)26(31-22-11-6-3-7-12-22)27(30(33)36)37-25-14-8-13-23(19-25)32-28(34)21-9-4-2-5-10-21/h2-19,31H,1H3,(H,32,34). The highest BCUT2D eigenvalue weighted by molar-refractivity contribution is 8.04. The number of anilines is 3. The molecule has 1 aliphatic rings. The fourth-order valence-corrected chi connectivity index (χ4v) is 4.84. The van der Waals surface area contributed by atoms with Gasteiger partial charge in [0.15, 0.2) is 0 Å². The van der Waals surface area contributed by atoms with Crippen molar-refractivity contribution in [2.24, 2.45) is 0 Å². The van der Waals surface area contributed by atoms with E-state index in [1.807, 2.05) is 61.5 Å². The molecular weight excluding hydrogens is 482 g/mol. The highest BCUT2D eigenvalue weighted by Crippen LogP contribution is 2.38. The quantitative estimate of drug-likeness (QED) is 0.291. The van der Waals surface area contributed by atoms with Crippen molar-refractivity contribution in [1.82, 2.24) is 0 Å². The third-order valence-electron chi connectivity index (χ3n) is 5.72. The summed E-state index contributed by atoms with van der Waals surface area (Å²) in [6, 6.07) is 32.6. The van der Waals surface area contributed by atoms with Crippen LogP contribution in [0.1, 0.15) is 15.9 Å². The lowest BCUT2D eigenvalue weighted by molar-refractivity contribution is -0.120. The Bertz CT molecular complexity index is 1500. The number of carbonyl (C=O) groups is 3. The van der Waals surface area contributed by atoms with E-state index in [2.05, 4.69) is 10.6 Å². The van der Waals surface area contributed by atoms with Gasteiger partial charge in [-0.25, -0.2) is 4.90 Å². The number of benzene rings is 4. The van der Waals surface area contributed by atoms with Gasteiger partial charge in [-0.15, -0.1) is 0 Å². The summed E-state index contributed by atoms with van der Waals surface area (Å²) in [5.41, 5.74) is 3.58. The van der Waals surface area contributed by atoms with Crippen molar-refractivity contribution in [1.29, 1.82) is 0 Å². The summed E-state index contributed by atoms with van der Waals surface area (Å²) in [5, 5.41) is 6.04. The first-order valence-electron chi connectivity index (χ1n) is 11.7.